The number of anilines is 1. The van der Waals surface area contributed by atoms with Gasteiger partial charge >= 0.3 is 0 Å². The normalized spacial score (nSPS) is 19.2. The van der Waals surface area contributed by atoms with Crippen LogP contribution in [-0.2, 0) is 6.42 Å². The number of hydrogen-bond acceptors (Lipinski definition) is 4. The highest BCUT2D eigenvalue weighted by Gasteiger charge is 2.45. The van der Waals surface area contributed by atoms with Gasteiger partial charge in [-0.3, -0.25) is 4.98 Å². The maximum absolute atomic E-state index is 13.8. The van der Waals surface area contributed by atoms with Gasteiger partial charge in [0.05, 0.1) is 28.3 Å². The van der Waals surface area contributed by atoms with Crippen molar-refractivity contribution >= 4 is 22.9 Å². The van der Waals surface area contributed by atoms with Crippen molar-refractivity contribution in [3.63, 3.8) is 0 Å². The number of halogens is 2. The molecule has 0 bridgehead atoms. The Morgan fingerprint density at radius 3 is 2.65 bits per heavy atom. The number of hydrogen-bond donors (Lipinski definition) is 0. The largest absolute Gasteiger partial charge is 0.355 e. The fourth-order valence-corrected chi connectivity index (χ4v) is 6.33. The van der Waals surface area contributed by atoms with Crippen molar-refractivity contribution in [1.29, 1.82) is 0 Å². The van der Waals surface area contributed by atoms with Crippen LogP contribution in [0.4, 0.5) is 10.2 Å². The van der Waals surface area contributed by atoms with Crippen LogP contribution in [0.1, 0.15) is 48.2 Å². The smallest absolute Gasteiger partial charge is 0.155 e. The molecule has 1 aromatic carbocycles. The summed E-state index contributed by atoms with van der Waals surface area (Å²) in [5.41, 5.74) is 7.13. The van der Waals surface area contributed by atoms with Gasteiger partial charge < -0.3 is 4.90 Å². The number of pyridine rings is 1. The number of nitrogens with zero attached hydrogens (tertiary/aromatic N) is 5. The SMILES string of the molecule is Cc1nccc(-c2c(C)nc(N3CCC4(CC3)Cc3cc(F)ccc3[C@H]4C)c3ccnn23)c1Cl. The lowest BCUT2D eigenvalue weighted by atomic mass is 9.70. The van der Waals surface area contributed by atoms with Crippen molar-refractivity contribution < 1.29 is 4.39 Å². The number of piperidine rings is 1. The molecule has 1 atom stereocenters. The third-order valence-electron chi connectivity index (χ3n) is 8.11. The molecule has 7 heteroatoms. The Morgan fingerprint density at radius 1 is 1.06 bits per heavy atom. The van der Waals surface area contributed by atoms with Crippen molar-refractivity contribution in [1.82, 2.24) is 19.6 Å². The molecule has 2 aliphatic rings. The van der Waals surface area contributed by atoms with E-state index in [9.17, 15) is 4.39 Å². The molecule has 0 amide bonds. The molecule has 1 aliphatic heterocycles. The van der Waals surface area contributed by atoms with Gasteiger partial charge in [0.15, 0.2) is 5.82 Å². The van der Waals surface area contributed by atoms with Gasteiger partial charge in [0.1, 0.15) is 11.3 Å². The lowest BCUT2D eigenvalue weighted by Gasteiger charge is -2.43. The van der Waals surface area contributed by atoms with E-state index in [-0.39, 0.29) is 11.2 Å². The van der Waals surface area contributed by atoms with Crippen LogP contribution < -0.4 is 4.90 Å². The van der Waals surface area contributed by atoms with E-state index in [1.807, 2.05) is 42.8 Å². The van der Waals surface area contributed by atoms with E-state index in [1.54, 1.807) is 18.3 Å². The first-order chi connectivity index (χ1) is 16.4. The molecule has 0 unspecified atom stereocenters. The summed E-state index contributed by atoms with van der Waals surface area (Å²) in [6, 6.07) is 9.27. The van der Waals surface area contributed by atoms with E-state index in [0.717, 1.165) is 66.3 Å². The van der Waals surface area contributed by atoms with Crippen molar-refractivity contribution in [2.24, 2.45) is 5.41 Å². The topological polar surface area (TPSA) is 46.3 Å². The minimum atomic E-state index is -0.132. The second-order valence-corrected chi connectivity index (χ2v) is 10.2. The van der Waals surface area contributed by atoms with Crippen molar-refractivity contribution in [3.05, 3.63) is 76.1 Å². The van der Waals surface area contributed by atoms with Crippen molar-refractivity contribution in [2.75, 3.05) is 18.0 Å². The molecule has 1 fully saturated rings. The first kappa shape index (κ1) is 21.5. The van der Waals surface area contributed by atoms with E-state index in [2.05, 4.69) is 21.9 Å². The molecule has 34 heavy (non-hydrogen) atoms. The molecule has 5 nitrogen and oxygen atoms in total. The van der Waals surface area contributed by atoms with E-state index >= 15 is 0 Å². The van der Waals surface area contributed by atoms with Crippen LogP contribution in [-0.4, -0.2) is 32.7 Å². The molecule has 0 N–H and O–H groups in total. The molecule has 4 heterocycles. The minimum absolute atomic E-state index is 0.132. The summed E-state index contributed by atoms with van der Waals surface area (Å²) >= 11 is 6.62. The van der Waals surface area contributed by atoms with Gasteiger partial charge in [-0.15, -0.1) is 0 Å². The molecule has 4 aromatic rings. The summed E-state index contributed by atoms with van der Waals surface area (Å²) in [6.45, 7) is 8.07. The highest BCUT2D eigenvalue weighted by molar-refractivity contribution is 6.33. The van der Waals surface area contributed by atoms with Gasteiger partial charge in [0.25, 0.3) is 0 Å². The van der Waals surface area contributed by atoms with Gasteiger partial charge in [0, 0.05) is 24.8 Å². The van der Waals surface area contributed by atoms with E-state index in [1.165, 1.54) is 11.1 Å². The molecule has 1 spiro atoms. The molecule has 6 rings (SSSR count). The van der Waals surface area contributed by atoms with Gasteiger partial charge in [-0.1, -0.05) is 24.6 Å². The highest BCUT2D eigenvalue weighted by Crippen LogP contribution is 2.53. The van der Waals surface area contributed by atoms with Crippen LogP contribution in [0.25, 0.3) is 16.8 Å². The van der Waals surface area contributed by atoms with Crippen molar-refractivity contribution in [2.45, 2.75) is 46.0 Å². The third-order valence-corrected chi connectivity index (χ3v) is 8.59. The maximum Gasteiger partial charge on any atom is 0.155 e. The average Bonchev–Trinajstić information content (AvgIpc) is 3.40. The van der Waals surface area contributed by atoms with Crippen LogP contribution in [0.3, 0.4) is 0 Å². The minimum Gasteiger partial charge on any atom is -0.355 e. The molecular weight excluding hydrogens is 449 g/mol. The number of rotatable bonds is 2. The molecule has 1 aliphatic carbocycles. The first-order valence-corrected chi connectivity index (χ1v) is 12.2. The van der Waals surface area contributed by atoms with Crippen LogP contribution in [0.2, 0.25) is 5.02 Å². The Labute approximate surface area is 203 Å². The second kappa shape index (κ2) is 7.77. The zero-order chi connectivity index (χ0) is 23.6. The van der Waals surface area contributed by atoms with Gasteiger partial charge in [-0.05, 0) is 79.8 Å². The first-order valence-electron chi connectivity index (χ1n) is 11.9. The third kappa shape index (κ3) is 3.15. The maximum atomic E-state index is 13.8. The number of aryl methyl sites for hydroxylation is 2. The molecule has 174 valence electrons. The monoisotopic (exact) mass is 475 g/mol. The van der Waals surface area contributed by atoms with Crippen LogP contribution >= 0.6 is 11.6 Å². The Kier molecular flexibility index (Phi) is 4.92. The molecule has 1 saturated heterocycles. The summed E-state index contributed by atoms with van der Waals surface area (Å²) in [4.78, 5) is 11.8. The summed E-state index contributed by atoms with van der Waals surface area (Å²) in [5, 5.41) is 5.26. The molecule has 3 aromatic heterocycles. The second-order valence-electron chi connectivity index (χ2n) is 9.85. The van der Waals surface area contributed by atoms with Gasteiger partial charge in [-0.25, -0.2) is 13.9 Å². The quantitative estimate of drug-likeness (QED) is 0.349. The zero-order valence-electron chi connectivity index (χ0n) is 19.6. The number of benzene rings is 1. The average molecular weight is 476 g/mol. The molecule has 0 saturated carbocycles. The van der Waals surface area contributed by atoms with E-state index in [0.29, 0.717) is 10.9 Å². The summed E-state index contributed by atoms with van der Waals surface area (Å²) in [6.07, 6.45) is 6.67. The summed E-state index contributed by atoms with van der Waals surface area (Å²) in [7, 11) is 0. The number of fused-ring (bicyclic) bond motifs is 2. The van der Waals surface area contributed by atoms with Gasteiger partial charge in [-0.2, -0.15) is 5.10 Å². The standard InChI is InChI=1S/C27H27ClFN5/c1-16-21-5-4-20(29)14-19(21)15-27(16)8-12-33(13-9-27)26-23-7-11-31-34(23)25(18(3)32-26)22-6-10-30-17(2)24(22)28/h4-7,10-11,14,16H,8-9,12-13,15H2,1-3H3/t16-/m1/s1. The van der Waals surface area contributed by atoms with E-state index < -0.39 is 0 Å². The van der Waals surface area contributed by atoms with Crippen LogP contribution in [0, 0.1) is 25.1 Å². The molecule has 0 radical (unpaired) electrons. The Balaban J connectivity index is 1.33. The fraction of sp³-hybridized carbons (Fsp3) is 0.370. The van der Waals surface area contributed by atoms with Crippen LogP contribution in [0.5, 0.6) is 0 Å². The Morgan fingerprint density at radius 2 is 1.85 bits per heavy atom. The number of aromatic nitrogens is 4. The summed E-state index contributed by atoms with van der Waals surface area (Å²) < 4.78 is 15.8. The lowest BCUT2D eigenvalue weighted by molar-refractivity contribution is 0.194. The van der Waals surface area contributed by atoms with E-state index in [4.69, 9.17) is 16.6 Å². The lowest BCUT2D eigenvalue weighted by Crippen LogP contribution is -2.42. The molecular formula is C27H27ClFN5. The summed E-state index contributed by atoms with van der Waals surface area (Å²) in [5.74, 6) is 1.27. The van der Waals surface area contributed by atoms with Gasteiger partial charge in [0.2, 0.25) is 0 Å². The Bertz CT molecular complexity index is 1420. The van der Waals surface area contributed by atoms with Crippen LogP contribution in [0.15, 0.2) is 42.7 Å². The predicted molar refractivity (Wildman–Crippen MR) is 133 cm³/mol. The zero-order valence-corrected chi connectivity index (χ0v) is 20.4. The van der Waals surface area contributed by atoms with Crippen molar-refractivity contribution in [3.8, 4) is 11.3 Å². The highest BCUT2D eigenvalue weighted by atomic mass is 35.5. The fourth-order valence-electron chi connectivity index (χ4n) is 6.13. The Hall–Kier alpha value is -2.99. The predicted octanol–water partition coefficient (Wildman–Crippen LogP) is 6.15.